The molecular formula is C26H27ClN2O5S2. The molecule has 36 heavy (non-hydrogen) atoms. The summed E-state index contributed by atoms with van der Waals surface area (Å²) in [4.78, 5) is 13.1. The number of nitrogens with zero attached hydrogens (tertiary/aromatic N) is 1. The Morgan fingerprint density at radius 1 is 0.806 bits per heavy atom. The van der Waals surface area contributed by atoms with Gasteiger partial charge in [-0.1, -0.05) is 54.1 Å². The molecule has 1 heterocycles. The molecule has 1 fully saturated rings. The van der Waals surface area contributed by atoms with Crippen molar-refractivity contribution < 1.29 is 21.6 Å². The summed E-state index contributed by atoms with van der Waals surface area (Å²) in [7, 11) is -7.78. The third kappa shape index (κ3) is 5.98. The van der Waals surface area contributed by atoms with Gasteiger partial charge in [-0.25, -0.2) is 16.8 Å². The predicted molar refractivity (Wildman–Crippen MR) is 139 cm³/mol. The molecule has 1 amide bonds. The fourth-order valence-corrected chi connectivity index (χ4v) is 7.39. The lowest BCUT2D eigenvalue weighted by molar-refractivity contribution is -0.124. The molecule has 0 radical (unpaired) electrons. The van der Waals surface area contributed by atoms with Crippen LogP contribution in [0.3, 0.4) is 0 Å². The second-order valence-corrected chi connectivity index (χ2v) is 13.0. The SMILES string of the molecule is O=C1NCCCC[C@H]1N(Cc1ccccc1CS(=O)(=O)c1ccccc1)S(=O)(=O)c1ccc(Cl)cc1. The molecule has 0 bridgehead atoms. The molecule has 0 aliphatic carbocycles. The molecule has 3 aromatic rings. The maximum Gasteiger partial charge on any atom is 0.244 e. The van der Waals surface area contributed by atoms with Gasteiger partial charge < -0.3 is 5.32 Å². The van der Waals surface area contributed by atoms with Crippen molar-refractivity contribution in [3.8, 4) is 0 Å². The van der Waals surface area contributed by atoms with Crippen molar-refractivity contribution in [3.63, 3.8) is 0 Å². The number of sulfonamides is 1. The fraction of sp³-hybridized carbons (Fsp3) is 0.269. The molecule has 0 unspecified atom stereocenters. The summed E-state index contributed by atoms with van der Waals surface area (Å²) in [5, 5.41) is 3.20. The van der Waals surface area contributed by atoms with Crippen molar-refractivity contribution in [2.24, 2.45) is 0 Å². The Hall–Kier alpha value is -2.72. The van der Waals surface area contributed by atoms with Gasteiger partial charge in [-0.05, 0) is 66.8 Å². The number of benzene rings is 3. The Morgan fingerprint density at radius 2 is 1.44 bits per heavy atom. The lowest BCUT2D eigenvalue weighted by atomic mass is 10.1. The first-order valence-electron chi connectivity index (χ1n) is 11.6. The van der Waals surface area contributed by atoms with Crippen LogP contribution in [0.1, 0.15) is 30.4 Å². The highest BCUT2D eigenvalue weighted by Crippen LogP contribution is 2.28. The maximum atomic E-state index is 13.8. The van der Waals surface area contributed by atoms with Gasteiger partial charge in [0.1, 0.15) is 6.04 Å². The van der Waals surface area contributed by atoms with Crippen LogP contribution in [0, 0.1) is 0 Å². The summed E-state index contributed by atoms with van der Waals surface area (Å²) in [6.45, 7) is 0.333. The van der Waals surface area contributed by atoms with Gasteiger partial charge in [0.15, 0.2) is 9.84 Å². The maximum absolute atomic E-state index is 13.8. The molecule has 3 aromatic carbocycles. The third-order valence-corrected chi connectivity index (χ3v) is 9.97. The Balaban J connectivity index is 1.74. The summed E-state index contributed by atoms with van der Waals surface area (Å²) in [5.74, 6) is -0.654. The normalized spacial score (nSPS) is 16.9. The number of rotatable bonds is 8. The lowest BCUT2D eigenvalue weighted by Crippen LogP contribution is -2.48. The summed E-state index contributed by atoms with van der Waals surface area (Å²) in [6.07, 6.45) is 1.80. The van der Waals surface area contributed by atoms with E-state index in [4.69, 9.17) is 11.6 Å². The van der Waals surface area contributed by atoms with Gasteiger partial charge in [0.2, 0.25) is 15.9 Å². The van der Waals surface area contributed by atoms with Crippen molar-refractivity contribution in [1.82, 2.24) is 9.62 Å². The van der Waals surface area contributed by atoms with Crippen LogP contribution in [-0.2, 0) is 37.0 Å². The topological polar surface area (TPSA) is 101 Å². The van der Waals surface area contributed by atoms with Crippen LogP contribution >= 0.6 is 11.6 Å². The van der Waals surface area contributed by atoms with Gasteiger partial charge in [-0.15, -0.1) is 0 Å². The summed E-state index contributed by atoms with van der Waals surface area (Å²) in [5.41, 5.74) is 0.998. The zero-order valence-electron chi connectivity index (χ0n) is 19.5. The molecule has 1 saturated heterocycles. The van der Waals surface area contributed by atoms with Crippen molar-refractivity contribution in [3.05, 3.63) is 95.0 Å². The van der Waals surface area contributed by atoms with Crippen LogP contribution in [-0.4, -0.2) is 39.6 Å². The summed E-state index contributed by atoms with van der Waals surface area (Å²) in [6, 6.07) is 19.8. The monoisotopic (exact) mass is 546 g/mol. The molecule has 1 atom stereocenters. The van der Waals surface area contributed by atoms with Crippen LogP contribution in [0.25, 0.3) is 0 Å². The van der Waals surface area contributed by atoms with E-state index in [0.29, 0.717) is 35.5 Å². The third-order valence-electron chi connectivity index (χ3n) is 6.17. The van der Waals surface area contributed by atoms with Crippen LogP contribution in [0.2, 0.25) is 5.02 Å². The zero-order chi connectivity index (χ0) is 25.8. The number of amides is 1. The minimum Gasteiger partial charge on any atom is -0.355 e. The fourth-order valence-electron chi connectivity index (χ4n) is 4.24. The van der Waals surface area contributed by atoms with Crippen LogP contribution in [0.15, 0.2) is 88.7 Å². The zero-order valence-corrected chi connectivity index (χ0v) is 21.9. The van der Waals surface area contributed by atoms with E-state index in [1.54, 1.807) is 42.5 Å². The van der Waals surface area contributed by atoms with E-state index in [1.807, 2.05) is 0 Å². The van der Waals surface area contributed by atoms with Crippen LogP contribution in [0.4, 0.5) is 0 Å². The quantitative estimate of drug-likeness (QED) is 0.457. The number of sulfone groups is 1. The van der Waals surface area contributed by atoms with Gasteiger partial charge in [0, 0.05) is 18.1 Å². The first-order chi connectivity index (χ1) is 17.2. The van der Waals surface area contributed by atoms with Gasteiger partial charge in [0.05, 0.1) is 15.5 Å². The number of halogens is 1. The van der Waals surface area contributed by atoms with Gasteiger partial charge in [-0.3, -0.25) is 4.79 Å². The Kier molecular flexibility index (Phi) is 8.14. The summed E-state index contributed by atoms with van der Waals surface area (Å²) >= 11 is 5.97. The Bertz CT molecular complexity index is 1430. The molecular weight excluding hydrogens is 520 g/mol. The molecule has 1 N–H and O–H groups in total. The van der Waals surface area contributed by atoms with Crippen molar-refractivity contribution in [1.29, 1.82) is 0 Å². The minimum absolute atomic E-state index is 0.0123. The van der Waals surface area contributed by atoms with E-state index in [1.165, 1.54) is 40.7 Å². The first-order valence-corrected chi connectivity index (χ1v) is 15.1. The number of carbonyl (C=O) groups is 1. The Labute approximate surface area is 217 Å². The molecule has 1 aliphatic heterocycles. The molecule has 4 rings (SSSR count). The minimum atomic E-state index is -4.11. The van der Waals surface area contributed by atoms with Crippen molar-refractivity contribution in [2.45, 2.75) is 47.4 Å². The first kappa shape index (κ1) is 26.3. The molecule has 0 aromatic heterocycles. The number of carbonyl (C=O) groups excluding carboxylic acids is 1. The van der Waals surface area contributed by atoms with Crippen molar-refractivity contribution >= 4 is 37.4 Å². The molecule has 0 spiro atoms. The second-order valence-electron chi connectivity index (χ2n) is 8.65. The van der Waals surface area contributed by atoms with E-state index in [-0.39, 0.29) is 28.0 Å². The molecule has 0 saturated carbocycles. The van der Waals surface area contributed by atoms with Crippen LogP contribution in [0.5, 0.6) is 0 Å². The average molecular weight is 547 g/mol. The highest BCUT2D eigenvalue weighted by Gasteiger charge is 2.37. The molecule has 1 aliphatic rings. The van der Waals surface area contributed by atoms with Gasteiger partial charge in [-0.2, -0.15) is 4.31 Å². The highest BCUT2D eigenvalue weighted by molar-refractivity contribution is 7.90. The van der Waals surface area contributed by atoms with Gasteiger partial charge >= 0.3 is 0 Å². The average Bonchev–Trinajstić information content (AvgIpc) is 3.08. The number of nitrogens with one attached hydrogen (secondary N) is 1. The molecule has 190 valence electrons. The number of hydrogen-bond acceptors (Lipinski definition) is 5. The summed E-state index contributed by atoms with van der Waals surface area (Å²) < 4.78 is 55.0. The predicted octanol–water partition coefficient (Wildman–Crippen LogP) is 4.17. The van der Waals surface area contributed by atoms with Crippen LogP contribution < -0.4 is 5.32 Å². The molecule has 10 heteroatoms. The standard InChI is InChI=1S/C26H27ClN2O5S2/c27-22-13-15-24(16-14-22)36(33,34)29(25-12-6-7-17-28-26(25)30)18-20-8-4-5-9-21(20)19-35(31,32)23-10-2-1-3-11-23/h1-5,8-11,13-16,25H,6-7,12,17-19H2,(H,28,30)/t25-/m1/s1. The second kappa shape index (κ2) is 11.1. The van der Waals surface area contributed by atoms with E-state index in [2.05, 4.69) is 5.32 Å². The van der Waals surface area contributed by atoms with Crippen molar-refractivity contribution in [2.75, 3.05) is 6.54 Å². The lowest BCUT2D eigenvalue weighted by Gasteiger charge is -2.30. The molecule has 7 nitrogen and oxygen atoms in total. The van der Waals surface area contributed by atoms with E-state index < -0.39 is 25.9 Å². The van der Waals surface area contributed by atoms with Gasteiger partial charge in [0.25, 0.3) is 0 Å². The largest absolute Gasteiger partial charge is 0.355 e. The van der Waals surface area contributed by atoms with E-state index in [0.717, 1.165) is 6.42 Å². The van der Waals surface area contributed by atoms with E-state index >= 15 is 0 Å². The number of hydrogen-bond donors (Lipinski definition) is 1. The smallest absolute Gasteiger partial charge is 0.244 e. The highest BCUT2D eigenvalue weighted by atomic mass is 35.5. The Morgan fingerprint density at radius 3 is 2.14 bits per heavy atom. The van der Waals surface area contributed by atoms with E-state index in [9.17, 15) is 21.6 Å².